The Morgan fingerprint density at radius 1 is 0.533 bits per heavy atom. The molecule has 8 heterocycles. The van der Waals surface area contributed by atoms with Gasteiger partial charge in [-0.3, -0.25) is 9.59 Å². The van der Waals surface area contributed by atoms with E-state index in [0.29, 0.717) is 38.5 Å². The minimum absolute atomic E-state index is 0.0303. The zero-order valence-electron chi connectivity index (χ0n) is 67.4. The molecule has 0 bridgehead atoms. The normalized spacial score (nSPS) is 52.7. The molecule has 5 aliphatic carbocycles. The van der Waals surface area contributed by atoms with Gasteiger partial charge >= 0.3 is 11.9 Å². The van der Waals surface area contributed by atoms with Gasteiger partial charge in [0, 0.05) is 0 Å². The van der Waals surface area contributed by atoms with Crippen molar-refractivity contribution < 1.29 is 207 Å². The van der Waals surface area contributed by atoms with E-state index in [1.54, 1.807) is 6.92 Å². The number of amides is 1. The number of rotatable bonds is 25. The molecule has 23 N–H and O–H groups in total. The minimum Gasteiger partial charge on any atom is -0.479 e. The highest BCUT2D eigenvalue weighted by Crippen LogP contribution is 2.76. The molecule has 8 saturated heterocycles. The van der Waals surface area contributed by atoms with E-state index < -0.39 is 348 Å². The van der Waals surface area contributed by atoms with Crippen LogP contribution in [0.5, 0.6) is 0 Å². The SMILES string of the molecule is C[C@@H]1O[C@@H](COC2C(O)[C@@H](NC(=O)CO[C@@H]3O[C@H](CO)C(O)C3O)C(CO)O[C@H]2OC(=O)[C@]23CCC(C)(C)CC2C2=CCC4C5(C)CC[C@H](O[C@@H]6OC(C(=O)O)[C@H](O)[C@H](O[C@@H]7OC[C@H](O)[C@H](O)C7O)C6O[C@@H]6OC(CO)[C@H](O)[C@H](O)C6O)[C@](C)(C=O)[C@@H]5CC[C@]4(C)[C@]2(C)CC3O)C(O)C(O)[C@H]1O[C@@H]1OC[C@H](O)C(O[C@H]2OC[C@@](O)(CO)C2O)C1O. The molecule has 13 aliphatic rings. The van der Waals surface area contributed by atoms with Crippen molar-refractivity contribution in [3.8, 4) is 0 Å². The van der Waals surface area contributed by atoms with Gasteiger partial charge in [0.2, 0.25) is 12.2 Å². The molecule has 4 saturated carbocycles. The number of aliphatic carboxylic acids is 1. The predicted octanol–water partition coefficient (Wildman–Crippen LogP) is -9.75. The van der Waals surface area contributed by atoms with Gasteiger partial charge in [0.25, 0.3) is 0 Å². The molecule has 1 amide bonds. The molecule has 686 valence electrons. The number of allylic oxidation sites excluding steroid dienone is 2. The summed E-state index contributed by atoms with van der Waals surface area (Å²) in [6.45, 7) is 6.41. The monoisotopic (exact) mass is 1730 g/mol. The van der Waals surface area contributed by atoms with Gasteiger partial charge in [0.1, 0.15) is 170 Å². The number of aldehydes is 1. The van der Waals surface area contributed by atoms with Crippen LogP contribution in [0, 0.1) is 50.2 Å². The number of carboxylic acids is 1. The van der Waals surface area contributed by atoms with Gasteiger partial charge in [0.05, 0.1) is 82.6 Å². The van der Waals surface area contributed by atoms with Crippen molar-refractivity contribution in [1.82, 2.24) is 5.32 Å². The molecule has 43 nitrogen and oxygen atoms in total. The van der Waals surface area contributed by atoms with Crippen molar-refractivity contribution in [2.45, 2.75) is 333 Å². The fraction of sp³-hybridized carbons (Fsp3) is 0.922. The maximum atomic E-state index is 16.1. The van der Waals surface area contributed by atoms with E-state index in [0.717, 1.165) is 11.9 Å². The molecule has 120 heavy (non-hydrogen) atoms. The summed E-state index contributed by atoms with van der Waals surface area (Å²) in [7, 11) is 0. The Kier molecular flexibility index (Phi) is 28.3. The summed E-state index contributed by atoms with van der Waals surface area (Å²) in [5.41, 5.74) is -7.52. The van der Waals surface area contributed by atoms with Gasteiger partial charge in [-0.25, -0.2) is 4.79 Å². The molecular formula is C77H121NO42. The van der Waals surface area contributed by atoms with Crippen molar-refractivity contribution in [3.05, 3.63) is 11.6 Å². The van der Waals surface area contributed by atoms with Crippen LogP contribution in [-0.4, -0.2) is 423 Å². The van der Waals surface area contributed by atoms with Gasteiger partial charge in [-0.2, -0.15) is 0 Å². The number of carbonyl (C=O) groups excluding carboxylic acids is 3. The van der Waals surface area contributed by atoms with Crippen LogP contribution < -0.4 is 5.32 Å². The molecule has 8 aliphatic heterocycles. The second kappa shape index (κ2) is 36.1. The van der Waals surface area contributed by atoms with Crippen molar-refractivity contribution in [1.29, 1.82) is 0 Å². The van der Waals surface area contributed by atoms with E-state index >= 15 is 4.79 Å². The second-order valence-electron chi connectivity index (χ2n) is 36.8. The fourth-order valence-corrected chi connectivity index (χ4v) is 21.9. The third-order valence-electron chi connectivity index (χ3n) is 29.2. The lowest BCUT2D eigenvalue weighted by Crippen LogP contribution is -2.70. The van der Waals surface area contributed by atoms with Crippen LogP contribution in [0.4, 0.5) is 0 Å². The summed E-state index contributed by atoms with van der Waals surface area (Å²) in [4.78, 5) is 57.4. The topological polar surface area (TPSA) is 673 Å². The van der Waals surface area contributed by atoms with Crippen molar-refractivity contribution in [2.24, 2.45) is 50.2 Å². The van der Waals surface area contributed by atoms with Crippen LogP contribution in [0.3, 0.4) is 0 Å². The number of carboxylic acid groups (broad SMARTS) is 1. The number of hydrogen-bond acceptors (Lipinski definition) is 41. The first-order valence-electron chi connectivity index (χ1n) is 41.0. The molecule has 0 radical (unpaired) electrons. The molecule has 12 fully saturated rings. The maximum absolute atomic E-state index is 16.1. The van der Waals surface area contributed by atoms with Crippen LogP contribution in [0.25, 0.3) is 0 Å². The average Bonchev–Trinajstić information content (AvgIpc) is 0.694. The summed E-state index contributed by atoms with van der Waals surface area (Å²) in [6, 6.07) is -1.67. The first kappa shape index (κ1) is 94.0. The maximum Gasteiger partial charge on any atom is 0.335 e. The van der Waals surface area contributed by atoms with Gasteiger partial charge in [-0.15, -0.1) is 0 Å². The lowest BCUT2D eigenvalue weighted by Gasteiger charge is -2.71. The van der Waals surface area contributed by atoms with Crippen LogP contribution in [0.2, 0.25) is 0 Å². The first-order valence-corrected chi connectivity index (χ1v) is 41.0. The zero-order chi connectivity index (χ0) is 87.5. The average molecular weight is 1730 g/mol. The van der Waals surface area contributed by atoms with Crippen LogP contribution in [0.1, 0.15) is 106 Å². The van der Waals surface area contributed by atoms with Crippen molar-refractivity contribution in [3.63, 3.8) is 0 Å². The third kappa shape index (κ3) is 16.6. The number of esters is 1. The predicted molar refractivity (Wildman–Crippen MR) is 388 cm³/mol. The van der Waals surface area contributed by atoms with E-state index in [2.05, 4.69) is 32.2 Å². The van der Waals surface area contributed by atoms with E-state index in [4.69, 9.17) is 75.8 Å². The van der Waals surface area contributed by atoms with E-state index in [9.17, 15) is 127 Å². The molecule has 13 rings (SSSR count). The van der Waals surface area contributed by atoms with Gasteiger partial charge in [-0.05, 0) is 104 Å². The number of aliphatic hydroxyl groups is 21. The number of fused-ring (bicyclic) bond motifs is 7. The molecule has 0 aromatic heterocycles. The second-order valence-corrected chi connectivity index (χ2v) is 36.8. The van der Waals surface area contributed by atoms with Gasteiger partial charge in [-0.1, -0.05) is 53.2 Å². The standard InChI is InChI=1S/C77H121NO42/c1-28-55(115-65-54(99)56(32(85)22-107-65)116-69-61(100)76(104,26-83)27-109-69)49(94)46(91)36(110-28)23-105-59-47(92)42(78-41(87)24-108-63-51(96)45(90)35(20-81)112-63)33(18-79)111-67(59)120-70(103)77-15-14-71(2,3)16-30(77)29-8-9-38-72(4)12-11-40(73(5,25-82)37(72)10-13-74(38,6)75(29,7)17-39(77)86)114-68-60(119-66-52(97)48(93)44(89)34(19-80)113-66)57(53(98)58(118-68)62(101)102)117-64-50(95)43(88)31(84)21-106-64/h8,25,28,30-40,42-61,63-69,79-81,83-86,88-100,104H,9-24,26-27H2,1-7H3,(H,78,87)(H,101,102)/t28-,30?,31-,32-,33?,34?,35+,36-,37+,38?,39?,40-,42-,43-,44-,45?,46?,47?,48-,49?,50?,51?,52?,53+,54?,55-,56?,57-,58?,59?,60?,61?,63+,64-,65-,66-,67-,68+,69+,72?,73+,74-,75+,76-,77+/m0/s1. The highest BCUT2D eigenvalue weighted by atomic mass is 16.8. The van der Waals surface area contributed by atoms with E-state index in [1.807, 2.05) is 13.8 Å². The molecular weight excluding hydrogens is 1610 g/mol. The van der Waals surface area contributed by atoms with Crippen LogP contribution >= 0.6 is 0 Å². The molecule has 45 atom stereocenters. The molecule has 19 unspecified atom stereocenters. The fourth-order valence-electron chi connectivity index (χ4n) is 21.9. The Balaban J connectivity index is 0.755. The van der Waals surface area contributed by atoms with Gasteiger partial charge < -0.3 is 198 Å². The van der Waals surface area contributed by atoms with E-state index in [-0.39, 0.29) is 25.2 Å². The Morgan fingerprint density at radius 2 is 1.13 bits per heavy atom. The number of hydrogen-bond donors (Lipinski definition) is 23. The summed E-state index contributed by atoms with van der Waals surface area (Å²) >= 11 is 0. The summed E-state index contributed by atoms with van der Waals surface area (Å²) in [5, 5.41) is 244. The molecule has 0 aromatic carbocycles. The van der Waals surface area contributed by atoms with Crippen LogP contribution in [-0.2, 0) is 95.0 Å². The molecule has 0 spiro atoms. The Morgan fingerprint density at radius 3 is 1.78 bits per heavy atom. The van der Waals surface area contributed by atoms with Crippen molar-refractivity contribution >= 4 is 24.1 Å². The summed E-state index contributed by atoms with van der Waals surface area (Å²) < 4.78 is 95.0. The number of nitrogens with one attached hydrogen (secondary N) is 1. The highest BCUT2D eigenvalue weighted by molar-refractivity contribution is 5.80. The highest BCUT2D eigenvalue weighted by Gasteiger charge is 2.73. The lowest BCUT2D eigenvalue weighted by atomic mass is 9.33. The largest absolute Gasteiger partial charge is 0.479 e. The Hall–Kier alpha value is -3.62. The Labute approximate surface area is 688 Å². The number of ether oxygens (including phenoxy) is 16. The quantitative estimate of drug-likeness (QED) is 0.0175. The smallest absolute Gasteiger partial charge is 0.335 e. The Bertz CT molecular complexity index is 3570. The van der Waals surface area contributed by atoms with Gasteiger partial charge in [0.15, 0.2) is 43.8 Å². The van der Waals surface area contributed by atoms with E-state index in [1.165, 1.54) is 6.92 Å². The summed E-state index contributed by atoms with van der Waals surface area (Å²) in [6.07, 6.45) is -57.6. The number of aliphatic hydroxyl groups excluding tert-OH is 20. The first-order chi connectivity index (χ1) is 56.5. The molecule has 43 heteroatoms. The summed E-state index contributed by atoms with van der Waals surface area (Å²) in [5.74, 6) is -5.43. The zero-order valence-corrected chi connectivity index (χ0v) is 67.4. The minimum atomic E-state index is -2.25. The number of carbonyl (C=O) groups is 4. The lowest BCUT2D eigenvalue weighted by molar-refractivity contribution is -0.391. The van der Waals surface area contributed by atoms with Crippen molar-refractivity contribution in [2.75, 3.05) is 59.5 Å². The molecule has 0 aromatic rings. The van der Waals surface area contributed by atoms with Crippen LogP contribution in [0.15, 0.2) is 11.6 Å². The third-order valence-corrected chi connectivity index (χ3v) is 29.2.